The predicted molar refractivity (Wildman–Crippen MR) is 78.3 cm³/mol. The molecule has 4 heteroatoms. The molecule has 2 aromatic heterocycles. The molecule has 1 N–H and O–H groups in total. The number of rotatable bonds is 4. The molecule has 3 aromatic rings. The zero-order valence-electron chi connectivity index (χ0n) is 11.7. The number of aryl methyl sites for hydroxylation is 2. The average molecular weight is 267 g/mol. The molecule has 4 nitrogen and oxygen atoms in total. The van der Waals surface area contributed by atoms with Crippen molar-refractivity contribution >= 4 is 10.9 Å². The number of nitrogens with zero attached hydrogens (tertiary/aromatic N) is 2. The van der Waals surface area contributed by atoms with E-state index < -0.39 is 0 Å². The third-order valence-corrected chi connectivity index (χ3v) is 3.35. The van der Waals surface area contributed by atoms with Gasteiger partial charge >= 0.3 is 0 Å². The number of fused-ring (bicyclic) bond motifs is 1. The molecular formula is C16H17N3O. The fourth-order valence-corrected chi connectivity index (χ4v) is 2.16. The van der Waals surface area contributed by atoms with Crippen molar-refractivity contribution in [2.75, 3.05) is 0 Å². The van der Waals surface area contributed by atoms with Gasteiger partial charge in [0.25, 0.3) is 0 Å². The Morgan fingerprint density at radius 1 is 1.15 bits per heavy atom. The maximum absolute atomic E-state index is 5.54. The zero-order chi connectivity index (χ0) is 13.9. The summed E-state index contributed by atoms with van der Waals surface area (Å²) in [5, 5.41) is 4.51. The van der Waals surface area contributed by atoms with Gasteiger partial charge in [-0.2, -0.15) is 0 Å². The molecule has 0 bridgehead atoms. The van der Waals surface area contributed by atoms with Gasteiger partial charge in [0.1, 0.15) is 5.76 Å². The lowest BCUT2D eigenvalue weighted by atomic mass is 10.1. The Morgan fingerprint density at radius 2 is 2.05 bits per heavy atom. The number of oxazole rings is 1. The van der Waals surface area contributed by atoms with Crippen LogP contribution in [0.3, 0.4) is 0 Å². The molecular weight excluding hydrogens is 250 g/mol. The van der Waals surface area contributed by atoms with Crippen LogP contribution >= 0.6 is 0 Å². The van der Waals surface area contributed by atoms with E-state index in [0.717, 1.165) is 34.8 Å². The highest BCUT2D eigenvalue weighted by atomic mass is 16.4. The minimum absolute atomic E-state index is 0.639. The van der Waals surface area contributed by atoms with Gasteiger partial charge in [0, 0.05) is 18.1 Å². The Labute approximate surface area is 117 Å². The van der Waals surface area contributed by atoms with Crippen LogP contribution in [-0.2, 0) is 13.1 Å². The van der Waals surface area contributed by atoms with Crippen molar-refractivity contribution in [3.05, 3.63) is 59.4 Å². The van der Waals surface area contributed by atoms with E-state index in [1.165, 1.54) is 5.56 Å². The van der Waals surface area contributed by atoms with E-state index >= 15 is 0 Å². The van der Waals surface area contributed by atoms with Crippen molar-refractivity contribution in [2.45, 2.75) is 26.9 Å². The first kappa shape index (κ1) is 12.8. The molecule has 0 saturated carbocycles. The van der Waals surface area contributed by atoms with Gasteiger partial charge in [-0.05, 0) is 37.6 Å². The fourth-order valence-electron chi connectivity index (χ4n) is 2.16. The monoisotopic (exact) mass is 267 g/mol. The van der Waals surface area contributed by atoms with Gasteiger partial charge in [0.2, 0.25) is 5.89 Å². The van der Waals surface area contributed by atoms with Crippen LogP contribution in [0.25, 0.3) is 10.9 Å². The van der Waals surface area contributed by atoms with Crippen LogP contribution in [0.2, 0.25) is 0 Å². The highest BCUT2D eigenvalue weighted by molar-refractivity contribution is 5.78. The Bertz CT molecular complexity index is 714. The highest BCUT2D eigenvalue weighted by Crippen LogP contribution is 2.13. The van der Waals surface area contributed by atoms with Crippen LogP contribution in [0.4, 0.5) is 0 Å². The summed E-state index contributed by atoms with van der Waals surface area (Å²) in [4.78, 5) is 8.67. The molecule has 0 atom stereocenters. The molecule has 0 fully saturated rings. The number of nitrogens with one attached hydrogen (secondary N) is 1. The van der Waals surface area contributed by atoms with Crippen molar-refractivity contribution in [1.29, 1.82) is 0 Å². The van der Waals surface area contributed by atoms with Crippen molar-refractivity contribution in [3.63, 3.8) is 0 Å². The first-order chi connectivity index (χ1) is 9.72. The summed E-state index contributed by atoms with van der Waals surface area (Å²) < 4.78 is 5.54. The zero-order valence-corrected chi connectivity index (χ0v) is 11.7. The van der Waals surface area contributed by atoms with Crippen molar-refractivity contribution in [1.82, 2.24) is 15.3 Å². The standard InChI is InChI=1S/C16H17N3O/c1-11-12(2)20-16(19-11)10-17-9-13-5-6-15-14(8-13)4-3-7-18-15/h3-8,17H,9-10H2,1-2H3. The maximum atomic E-state index is 5.54. The molecule has 0 saturated heterocycles. The van der Waals surface area contributed by atoms with E-state index in [2.05, 4.69) is 33.5 Å². The van der Waals surface area contributed by atoms with E-state index in [1.54, 1.807) is 0 Å². The number of pyridine rings is 1. The van der Waals surface area contributed by atoms with Gasteiger partial charge in [-0.25, -0.2) is 4.98 Å². The lowest BCUT2D eigenvalue weighted by Gasteiger charge is -2.04. The van der Waals surface area contributed by atoms with Crippen LogP contribution < -0.4 is 5.32 Å². The topological polar surface area (TPSA) is 51.0 Å². The summed E-state index contributed by atoms with van der Waals surface area (Å²) in [6, 6.07) is 10.3. The molecule has 0 aliphatic rings. The number of hydrogen-bond donors (Lipinski definition) is 1. The number of benzene rings is 1. The summed E-state index contributed by atoms with van der Waals surface area (Å²) in [5.41, 5.74) is 3.21. The number of aromatic nitrogens is 2. The normalized spacial score (nSPS) is 11.1. The van der Waals surface area contributed by atoms with Crippen LogP contribution in [0.5, 0.6) is 0 Å². The van der Waals surface area contributed by atoms with Gasteiger partial charge in [-0.3, -0.25) is 4.98 Å². The van der Waals surface area contributed by atoms with Gasteiger partial charge in [-0.15, -0.1) is 0 Å². The molecule has 20 heavy (non-hydrogen) atoms. The van der Waals surface area contributed by atoms with Crippen LogP contribution in [-0.4, -0.2) is 9.97 Å². The lowest BCUT2D eigenvalue weighted by Crippen LogP contribution is -2.12. The largest absolute Gasteiger partial charge is 0.444 e. The maximum Gasteiger partial charge on any atom is 0.208 e. The minimum Gasteiger partial charge on any atom is -0.444 e. The summed E-state index contributed by atoms with van der Waals surface area (Å²) in [7, 11) is 0. The van der Waals surface area contributed by atoms with E-state index in [9.17, 15) is 0 Å². The molecule has 0 radical (unpaired) electrons. The van der Waals surface area contributed by atoms with Crippen molar-refractivity contribution in [2.24, 2.45) is 0 Å². The van der Waals surface area contributed by atoms with Gasteiger partial charge in [0.15, 0.2) is 0 Å². The average Bonchev–Trinajstić information content (AvgIpc) is 2.77. The lowest BCUT2D eigenvalue weighted by molar-refractivity contribution is 0.448. The van der Waals surface area contributed by atoms with E-state index in [1.807, 2.05) is 32.2 Å². The summed E-state index contributed by atoms with van der Waals surface area (Å²) in [6.45, 7) is 5.31. The van der Waals surface area contributed by atoms with Crippen LogP contribution in [0.1, 0.15) is 22.9 Å². The van der Waals surface area contributed by atoms with Gasteiger partial charge < -0.3 is 9.73 Å². The summed E-state index contributed by atoms with van der Waals surface area (Å²) in [6.07, 6.45) is 1.81. The Morgan fingerprint density at radius 3 is 2.85 bits per heavy atom. The first-order valence-electron chi connectivity index (χ1n) is 6.69. The van der Waals surface area contributed by atoms with E-state index in [0.29, 0.717) is 6.54 Å². The second kappa shape index (κ2) is 5.43. The first-order valence-corrected chi connectivity index (χ1v) is 6.69. The third-order valence-electron chi connectivity index (χ3n) is 3.35. The van der Waals surface area contributed by atoms with Crippen molar-refractivity contribution < 1.29 is 4.42 Å². The van der Waals surface area contributed by atoms with Crippen LogP contribution in [0.15, 0.2) is 40.9 Å². The van der Waals surface area contributed by atoms with Gasteiger partial charge in [0.05, 0.1) is 17.8 Å². The Balaban J connectivity index is 1.64. The molecule has 0 spiro atoms. The van der Waals surface area contributed by atoms with Crippen molar-refractivity contribution in [3.8, 4) is 0 Å². The molecule has 1 aromatic carbocycles. The second-order valence-electron chi connectivity index (χ2n) is 4.88. The molecule has 102 valence electrons. The van der Waals surface area contributed by atoms with E-state index in [4.69, 9.17) is 4.42 Å². The van der Waals surface area contributed by atoms with Crippen LogP contribution in [0, 0.1) is 13.8 Å². The third kappa shape index (κ3) is 2.70. The quantitative estimate of drug-likeness (QED) is 0.789. The second-order valence-corrected chi connectivity index (χ2v) is 4.88. The molecule has 0 aliphatic heterocycles. The Kier molecular flexibility index (Phi) is 3.48. The summed E-state index contributed by atoms with van der Waals surface area (Å²) >= 11 is 0. The molecule has 0 amide bonds. The molecule has 0 aliphatic carbocycles. The van der Waals surface area contributed by atoms with Gasteiger partial charge in [-0.1, -0.05) is 12.1 Å². The SMILES string of the molecule is Cc1nc(CNCc2ccc3ncccc3c2)oc1C. The minimum atomic E-state index is 0.639. The Hall–Kier alpha value is -2.20. The molecule has 3 rings (SSSR count). The highest BCUT2D eigenvalue weighted by Gasteiger charge is 2.04. The molecule has 2 heterocycles. The fraction of sp³-hybridized carbons (Fsp3) is 0.250. The number of hydrogen-bond acceptors (Lipinski definition) is 4. The predicted octanol–water partition coefficient (Wildman–Crippen LogP) is 3.13. The smallest absolute Gasteiger partial charge is 0.208 e. The summed E-state index contributed by atoms with van der Waals surface area (Å²) in [5.74, 6) is 1.63. The molecule has 0 unspecified atom stereocenters. The van der Waals surface area contributed by atoms with E-state index in [-0.39, 0.29) is 0 Å².